The van der Waals surface area contributed by atoms with Gasteiger partial charge in [0.2, 0.25) is 0 Å². The quantitative estimate of drug-likeness (QED) is 0.758. The highest BCUT2D eigenvalue weighted by molar-refractivity contribution is 5.93. The van der Waals surface area contributed by atoms with Crippen molar-refractivity contribution in [2.45, 2.75) is 27.2 Å². The van der Waals surface area contributed by atoms with E-state index in [9.17, 15) is 13.6 Å². The van der Waals surface area contributed by atoms with Crippen LogP contribution < -0.4 is 10.5 Å². The van der Waals surface area contributed by atoms with E-state index in [0.29, 0.717) is 17.8 Å². The Bertz CT molecular complexity index is 866. The summed E-state index contributed by atoms with van der Waals surface area (Å²) in [6.07, 6.45) is -1.10. The lowest BCUT2D eigenvalue weighted by atomic mass is 10.1. The second-order valence-corrected chi connectivity index (χ2v) is 5.83. The Morgan fingerprint density at radius 3 is 2.67 bits per heavy atom. The van der Waals surface area contributed by atoms with E-state index >= 15 is 0 Å². The van der Waals surface area contributed by atoms with E-state index in [1.165, 1.54) is 13.0 Å². The van der Waals surface area contributed by atoms with E-state index in [0.717, 1.165) is 16.6 Å². The van der Waals surface area contributed by atoms with Gasteiger partial charge in [0, 0.05) is 30.2 Å². The highest BCUT2D eigenvalue weighted by Gasteiger charge is 2.14. The van der Waals surface area contributed by atoms with Crippen LogP contribution in [0.15, 0.2) is 53.0 Å². The molecule has 3 nitrogen and oxygen atoms in total. The van der Waals surface area contributed by atoms with E-state index < -0.39 is 6.43 Å². The Hall–Kier alpha value is -2.43. The molecule has 2 aromatic rings. The van der Waals surface area contributed by atoms with Crippen molar-refractivity contribution in [3.05, 3.63) is 64.1 Å². The molecule has 0 spiro atoms. The minimum Gasteiger partial charge on any atom is -0.342 e. The van der Waals surface area contributed by atoms with Gasteiger partial charge in [0.25, 0.3) is 12.0 Å². The molecule has 0 unspecified atom stereocenters. The molecule has 1 aromatic heterocycles. The number of alkyl halides is 2. The molecule has 0 N–H and O–H groups in total. The molecule has 24 heavy (non-hydrogen) atoms. The van der Waals surface area contributed by atoms with E-state index in [-0.39, 0.29) is 11.1 Å². The maximum Gasteiger partial charge on any atom is 0.260 e. The number of rotatable bonds is 5. The molecule has 0 aliphatic carbocycles. The molecular weight excluding hydrogens is 310 g/mol. The van der Waals surface area contributed by atoms with Gasteiger partial charge in [-0.1, -0.05) is 12.6 Å². The van der Waals surface area contributed by atoms with Crippen molar-refractivity contribution in [3.8, 4) is 0 Å². The molecule has 128 valence electrons. The van der Waals surface area contributed by atoms with Gasteiger partial charge in [-0.2, -0.15) is 0 Å². The summed E-state index contributed by atoms with van der Waals surface area (Å²) in [5, 5.41) is 0.892. The van der Waals surface area contributed by atoms with Crippen LogP contribution in [0.2, 0.25) is 0 Å². The summed E-state index contributed by atoms with van der Waals surface area (Å²) in [6.45, 7) is 9.61. The monoisotopic (exact) mass is 332 g/mol. The molecule has 0 fully saturated rings. The normalized spacial score (nSPS) is 12.0. The fourth-order valence-corrected chi connectivity index (χ4v) is 2.80. The molecule has 0 amide bonds. The largest absolute Gasteiger partial charge is 0.342 e. The first-order valence-corrected chi connectivity index (χ1v) is 7.80. The van der Waals surface area contributed by atoms with Gasteiger partial charge in [0.15, 0.2) is 0 Å². The Labute approximate surface area is 140 Å². The highest BCUT2D eigenvalue weighted by Crippen LogP contribution is 2.29. The first-order valence-electron chi connectivity index (χ1n) is 7.80. The molecule has 0 saturated carbocycles. The van der Waals surface area contributed by atoms with Crippen molar-refractivity contribution in [2.75, 3.05) is 11.4 Å². The molecule has 0 aliphatic heterocycles. The van der Waals surface area contributed by atoms with Crippen molar-refractivity contribution in [1.29, 1.82) is 0 Å². The highest BCUT2D eigenvalue weighted by atomic mass is 19.3. The molecule has 2 rings (SSSR count). The number of allylic oxidation sites excluding steroid dienone is 2. The van der Waals surface area contributed by atoms with Crippen LogP contribution in [-0.2, 0) is 7.05 Å². The number of pyridine rings is 1. The smallest absolute Gasteiger partial charge is 0.260 e. The van der Waals surface area contributed by atoms with Crippen LogP contribution in [-0.4, -0.2) is 17.5 Å². The first-order chi connectivity index (χ1) is 11.3. The number of hydrogen-bond donors (Lipinski definition) is 0. The number of aromatic nitrogens is 1. The fraction of sp³-hybridized carbons (Fsp3) is 0.316. The molecule has 1 heterocycles. The molecule has 0 saturated heterocycles. The minimum atomic E-state index is -2.50. The van der Waals surface area contributed by atoms with E-state index in [4.69, 9.17) is 0 Å². The van der Waals surface area contributed by atoms with Crippen molar-refractivity contribution in [2.24, 2.45) is 7.05 Å². The van der Waals surface area contributed by atoms with Crippen molar-refractivity contribution in [1.82, 2.24) is 4.57 Å². The van der Waals surface area contributed by atoms with Gasteiger partial charge in [-0.05, 0) is 50.6 Å². The van der Waals surface area contributed by atoms with Crippen LogP contribution in [0.4, 0.5) is 14.5 Å². The van der Waals surface area contributed by atoms with Gasteiger partial charge in [-0.15, -0.1) is 0 Å². The summed E-state index contributed by atoms with van der Waals surface area (Å²) >= 11 is 0. The summed E-state index contributed by atoms with van der Waals surface area (Å²) in [6, 6.07) is 7.47. The predicted octanol–water partition coefficient (Wildman–Crippen LogP) is 4.40. The number of nitrogens with zero attached hydrogens (tertiary/aromatic N) is 2. The summed E-state index contributed by atoms with van der Waals surface area (Å²) in [5.74, 6) is 0. The average molecular weight is 332 g/mol. The van der Waals surface area contributed by atoms with Gasteiger partial charge >= 0.3 is 0 Å². The second kappa shape index (κ2) is 6.99. The van der Waals surface area contributed by atoms with Crippen LogP contribution in [0.5, 0.6) is 0 Å². The molecule has 0 aliphatic rings. The molecule has 5 heteroatoms. The summed E-state index contributed by atoms with van der Waals surface area (Å²) in [4.78, 5) is 14.0. The number of likely N-dealkylation sites (N-methyl/N-ethyl adjacent to an activating group) is 1. The van der Waals surface area contributed by atoms with Crippen molar-refractivity contribution < 1.29 is 8.78 Å². The Morgan fingerprint density at radius 2 is 2.08 bits per heavy atom. The third-order valence-corrected chi connectivity index (χ3v) is 4.12. The predicted molar refractivity (Wildman–Crippen MR) is 95.8 cm³/mol. The molecule has 0 radical (unpaired) electrons. The van der Waals surface area contributed by atoms with Crippen LogP contribution in [0.3, 0.4) is 0 Å². The van der Waals surface area contributed by atoms with E-state index in [1.54, 1.807) is 18.5 Å². The number of anilines is 1. The third-order valence-electron chi connectivity index (χ3n) is 4.12. The van der Waals surface area contributed by atoms with Crippen molar-refractivity contribution in [3.63, 3.8) is 0 Å². The lowest BCUT2D eigenvalue weighted by Crippen LogP contribution is -2.23. The second-order valence-electron chi connectivity index (χ2n) is 5.83. The number of halogens is 2. The Balaban J connectivity index is 2.64. The van der Waals surface area contributed by atoms with Gasteiger partial charge < -0.3 is 9.47 Å². The number of benzene rings is 1. The lowest BCUT2D eigenvalue weighted by molar-refractivity contribution is 0.190. The Morgan fingerprint density at radius 1 is 1.42 bits per heavy atom. The lowest BCUT2D eigenvalue weighted by Gasteiger charge is -2.26. The molecular formula is C19H22F2N2O. The molecule has 0 atom stereocenters. The average Bonchev–Trinajstić information content (AvgIpc) is 2.54. The fourth-order valence-electron chi connectivity index (χ4n) is 2.80. The van der Waals surface area contributed by atoms with Crippen LogP contribution >= 0.6 is 0 Å². The van der Waals surface area contributed by atoms with Gasteiger partial charge in [-0.3, -0.25) is 4.79 Å². The standard InChI is InChI=1S/C19H22F2N2O/c1-6-23(14(4)10-12(2)18(20)21)17-9-7-8-16-15(17)11-13(3)19(24)22(16)5/h7-11,18H,4,6H2,1-3,5H3/b12-10+. The van der Waals surface area contributed by atoms with Gasteiger partial charge in [-0.25, -0.2) is 8.78 Å². The maximum absolute atomic E-state index is 12.8. The van der Waals surface area contributed by atoms with Gasteiger partial charge in [0.05, 0.1) is 11.2 Å². The molecule has 1 aromatic carbocycles. The zero-order valence-corrected chi connectivity index (χ0v) is 14.4. The Kier molecular flexibility index (Phi) is 5.22. The van der Waals surface area contributed by atoms with E-state index in [2.05, 4.69) is 6.58 Å². The van der Waals surface area contributed by atoms with Crippen molar-refractivity contribution >= 4 is 16.6 Å². The topological polar surface area (TPSA) is 25.2 Å². The minimum absolute atomic E-state index is 0.0257. The number of fused-ring (bicyclic) bond motifs is 1. The zero-order chi connectivity index (χ0) is 18.0. The summed E-state index contributed by atoms with van der Waals surface area (Å²) < 4.78 is 27.2. The molecule has 0 bridgehead atoms. The first kappa shape index (κ1) is 17.9. The summed E-state index contributed by atoms with van der Waals surface area (Å²) in [7, 11) is 1.73. The van der Waals surface area contributed by atoms with E-state index in [1.807, 2.05) is 36.1 Å². The van der Waals surface area contributed by atoms with Crippen LogP contribution in [0.1, 0.15) is 19.4 Å². The number of hydrogen-bond acceptors (Lipinski definition) is 2. The SMILES string of the molecule is C=C(/C=C(\C)C(F)F)N(CC)c1cccc2c1cc(C)c(=O)n2C. The van der Waals surface area contributed by atoms with Gasteiger partial charge in [0.1, 0.15) is 0 Å². The number of aryl methyl sites for hydroxylation is 2. The van der Waals surface area contributed by atoms with Crippen LogP contribution in [0, 0.1) is 6.92 Å². The third kappa shape index (κ3) is 3.25. The summed E-state index contributed by atoms with van der Waals surface area (Å²) in [5.41, 5.74) is 2.70. The zero-order valence-electron chi connectivity index (χ0n) is 14.4. The van der Waals surface area contributed by atoms with Crippen LogP contribution in [0.25, 0.3) is 10.9 Å². The maximum atomic E-state index is 12.8.